The summed E-state index contributed by atoms with van der Waals surface area (Å²) in [6.07, 6.45) is 0.0706. The average Bonchev–Trinajstić information content (AvgIpc) is 3.16. The Bertz CT molecular complexity index is 1210. The quantitative estimate of drug-likeness (QED) is 0.509. The fourth-order valence-electron chi connectivity index (χ4n) is 4.12. The van der Waals surface area contributed by atoms with Crippen LogP contribution in [0.25, 0.3) is 0 Å². The standard InChI is InChI=1S/C26H25ClN2O4/c1-16-20(27)9-6-10-21(16)28-25(30)14-22(17-11-12-23(32-2)24(13-17)33-3)29-15-18-7-4-5-8-19(18)26(29)31/h4-13,22H,14-15H2,1-3H3,(H,28,30)/t22-/m1/s1. The number of ether oxygens (including phenoxy) is 2. The molecule has 4 rings (SSSR count). The monoisotopic (exact) mass is 464 g/mol. The number of halogens is 1. The third-order valence-electron chi connectivity index (χ3n) is 5.94. The van der Waals surface area contributed by atoms with Crippen LogP contribution in [-0.4, -0.2) is 30.9 Å². The van der Waals surface area contributed by atoms with Crippen molar-refractivity contribution in [3.8, 4) is 11.5 Å². The van der Waals surface area contributed by atoms with Crippen molar-refractivity contribution in [3.05, 3.63) is 87.9 Å². The molecule has 0 aliphatic carbocycles. The number of amides is 2. The molecule has 0 bridgehead atoms. The summed E-state index contributed by atoms with van der Waals surface area (Å²) >= 11 is 6.21. The predicted octanol–water partition coefficient (Wildman–Crippen LogP) is 5.39. The molecule has 3 aromatic rings. The van der Waals surface area contributed by atoms with Gasteiger partial charge in [0.05, 0.1) is 26.7 Å². The van der Waals surface area contributed by atoms with Crippen LogP contribution in [0, 0.1) is 6.92 Å². The van der Waals surface area contributed by atoms with Crippen molar-refractivity contribution in [1.82, 2.24) is 4.90 Å². The Morgan fingerprint density at radius 2 is 1.82 bits per heavy atom. The molecule has 0 saturated carbocycles. The second-order valence-corrected chi connectivity index (χ2v) is 8.29. The summed E-state index contributed by atoms with van der Waals surface area (Å²) in [6, 6.07) is 17.9. The van der Waals surface area contributed by atoms with Crippen LogP contribution in [0.1, 0.15) is 39.5 Å². The molecule has 3 aromatic carbocycles. The van der Waals surface area contributed by atoms with Gasteiger partial charge in [0.2, 0.25) is 5.91 Å². The Labute approximate surface area is 198 Å². The van der Waals surface area contributed by atoms with Crippen LogP contribution in [-0.2, 0) is 11.3 Å². The molecule has 1 atom stereocenters. The van der Waals surface area contributed by atoms with E-state index in [4.69, 9.17) is 21.1 Å². The lowest BCUT2D eigenvalue weighted by Gasteiger charge is -2.28. The van der Waals surface area contributed by atoms with Crippen molar-refractivity contribution in [2.24, 2.45) is 0 Å². The number of anilines is 1. The fraction of sp³-hybridized carbons (Fsp3) is 0.231. The van der Waals surface area contributed by atoms with E-state index in [2.05, 4.69) is 5.32 Å². The van der Waals surface area contributed by atoms with Gasteiger partial charge in [-0.1, -0.05) is 41.9 Å². The lowest BCUT2D eigenvalue weighted by atomic mass is 10.0. The highest BCUT2D eigenvalue weighted by molar-refractivity contribution is 6.31. The number of carbonyl (C=O) groups is 2. The largest absolute Gasteiger partial charge is 0.493 e. The molecule has 33 heavy (non-hydrogen) atoms. The zero-order valence-electron chi connectivity index (χ0n) is 18.7. The van der Waals surface area contributed by atoms with E-state index in [0.717, 1.165) is 16.7 Å². The molecule has 1 N–H and O–H groups in total. The van der Waals surface area contributed by atoms with Crippen LogP contribution in [0.2, 0.25) is 5.02 Å². The summed E-state index contributed by atoms with van der Waals surface area (Å²) in [4.78, 5) is 28.1. The van der Waals surface area contributed by atoms with E-state index in [0.29, 0.717) is 34.3 Å². The van der Waals surface area contributed by atoms with Crippen molar-refractivity contribution in [2.75, 3.05) is 19.5 Å². The molecule has 170 valence electrons. The molecule has 1 heterocycles. The van der Waals surface area contributed by atoms with Gasteiger partial charge < -0.3 is 19.7 Å². The predicted molar refractivity (Wildman–Crippen MR) is 128 cm³/mol. The van der Waals surface area contributed by atoms with Crippen molar-refractivity contribution >= 4 is 29.1 Å². The van der Waals surface area contributed by atoms with E-state index in [1.165, 1.54) is 0 Å². The maximum atomic E-state index is 13.2. The molecule has 0 unspecified atom stereocenters. The van der Waals surface area contributed by atoms with Gasteiger partial charge >= 0.3 is 0 Å². The van der Waals surface area contributed by atoms with E-state index >= 15 is 0 Å². The minimum Gasteiger partial charge on any atom is -0.493 e. The molecular weight excluding hydrogens is 440 g/mol. The molecular formula is C26H25ClN2O4. The minimum absolute atomic E-state index is 0.0706. The number of hydrogen-bond donors (Lipinski definition) is 1. The molecule has 1 aliphatic rings. The Balaban J connectivity index is 1.67. The molecule has 1 aliphatic heterocycles. The van der Waals surface area contributed by atoms with Gasteiger partial charge in [0.15, 0.2) is 11.5 Å². The second kappa shape index (κ2) is 9.55. The van der Waals surface area contributed by atoms with Gasteiger partial charge in [0, 0.05) is 22.8 Å². The lowest BCUT2D eigenvalue weighted by molar-refractivity contribution is -0.117. The van der Waals surface area contributed by atoms with E-state index < -0.39 is 6.04 Å². The number of fused-ring (bicyclic) bond motifs is 1. The number of nitrogens with zero attached hydrogens (tertiary/aromatic N) is 1. The van der Waals surface area contributed by atoms with E-state index in [1.54, 1.807) is 43.4 Å². The molecule has 0 radical (unpaired) electrons. The van der Waals surface area contributed by atoms with Crippen LogP contribution in [0.15, 0.2) is 60.7 Å². The number of carbonyl (C=O) groups excluding carboxylic acids is 2. The normalized spacial score (nSPS) is 13.5. The zero-order valence-corrected chi connectivity index (χ0v) is 19.5. The summed E-state index contributed by atoms with van der Waals surface area (Å²) < 4.78 is 10.8. The highest BCUT2D eigenvalue weighted by atomic mass is 35.5. The molecule has 2 amide bonds. The van der Waals surface area contributed by atoms with Gasteiger partial charge in [-0.3, -0.25) is 9.59 Å². The first-order valence-corrected chi connectivity index (χ1v) is 11.0. The van der Waals surface area contributed by atoms with E-state index in [1.807, 2.05) is 43.3 Å². The fourth-order valence-corrected chi connectivity index (χ4v) is 4.29. The highest BCUT2D eigenvalue weighted by Crippen LogP contribution is 2.37. The Kier molecular flexibility index (Phi) is 6.56. The third-order valence-corrected chi connectivity index (χ3v) is 6.35. The highest BCUT2D eigenvalue weighted by Gasteiger charge is 2.35. The molecule has 0 saturated heterocycles. The SMILES string of the molecule is COc1ccc([C@@H](CC(=O)Nc2cccc(Cl)c2C)N2Cc3ccccc3C2=O)cc1OC. The summed E-state index contributed by atoms with van der Waals surface area (Å²) in [6.45, 7) is 2.28. The van der Waals surface area contributed by atoms with Crippen LogP contribution >= 0.6 is 11.6 Å². The van der Waals surface area contributed by atoms with Gasteiger partial charge in [-0.25, -0.2) is 0 Å². The molecule has 0 spiro atoms. The summed E-state index contributed by atoms with van der Waals surface area (Å²) in [5, 5.41) is 3.52. The van der Waals surface area contributed by atoms with Crippen LogP contribution in [0.4, 0.5) is 5.69 Å². The van der Waals surface area contributed by atoms with E-state index in [9.17, 15) is 9.59 Å². The number of benzene rings is 3. The topological polar surface area (TPSA) is 67.9 Å². The zero-order chi connectivity index (χ0) is 23.5. The minimum atomic E-state index is -0.496. The summed E-state index contributed by atoms with van der Waals surface area (Å²) in [5.41, 5.74) is 3.83. The van der Waals surface area contributed by atoms with E-state index in [-0.39, 0.29) is 18.2 Å². The second-order valence-electron chi connectivity index (χ2n) is 7.89. The number of hydrogen-bond acceptors (Lipinski definition) is 4. The molecule has 0 aromatic heterocycles. The first-order valence-electron chi connectivity index (χ1n) is 10.6. The van der Waals surface area contributed by atoms with Crippen molar-refractivity contribution in [1.29, 1.82) is 0 Å². The third kappa shape index (κ3) is 4.52. The van der Waals surface area contributed by atoms with Crippen LogP contribution in [0.5, 0.6) is 11.5 Å². The molecule has 6 nitrogen and oxygen atoms in total. The smallest absolute Gasteiger partial charge is 0.255 e. The number of rotatable bonds is 7. The van der Waals surface area contributed by atoms with Gasteiger partial charge in [0.1, 0.15) is 0 Å². The maximum Gasteiger partial charge on any atom is 0.255 e. The van der Waals surface area contributed by atoms with Gasteiger partial charge in [-0.05, 0) is 53.9 Å². The first-order chi connectivity index (χ1) is 15.9. The number of nitrogens with one attached hydrogen (secondary N) is 1. The van der Waals surface area contributed by atoms with Crippen LogP contribution in [0.3, 0.4) is 0 Å². The van der Waals surface area contributed by atoms with Crippen LogP contribution < -0.4 is 14.8 Å². The Morgan fingerprint density at radius 1 is 1.06 bits per heavy atom. The summed E-state index contributed by atoms with van der Waals surface area (Å²) in [7, 11) is 3.12. The Hall–Kier alpha value is -3.51. The summed E-state index contributed by atoms with van der Waals surface area (Å²) in [5.74, 6) is 0.798. The van der Waals surface area contributed by atoms with Gasteiger partial charge in [-0.2, -0.15) is 0 Å². The molecule has 0 fully saturated rings. The van der Waals surface area contributed by atoms with Crippen molar-refractivity contribution in [3.63, 3.8) is 0 Å². The Morgan fingerprint density at radius 3 is 2.55 bits per heavy atom. The maximum absolute atomic E-state index is 13.2. The van der Waals surface area contributed by atoms with Gasteiger partial charge in [0.25, 0.3) is 5.91 Å². The lowest BCUT2D eigenvalue weighted by Crippen LogP contribution is -2.32. The van der Waals surface area contributed by atoms with Gasteiger partial charge in [-0.15, -0.1) is 0 Å². The van der Waals surface area contributed by atoms with Crippen molar-refractivity contribution in [2.45, 2.75) is 25.9 Å². The molecule has 7 heteroatoms. The average molecular weight is 465 g/mol. The number of methoxy groups -OCH3 is 2. The van der Waals surface area contributed by atoms with Crippen molar-refractivity contribution < 1.29 is 19.1 Å². The first kappa shape index (κ1) is 22.7.